The maximum Gasteiger partial charge on any atom is 0.223 e. The standard InChI is InChI=1S/C22H34N4O3/c1-16(27)26-13-8-19(9-14-26)25-20-4-3-18(15-21(20)29-2)22(28)24-12-7-17-5-10-23-11-6-17/h5-6,10-11,18-21,25H,3-4,7-9,12-15H2,1-2H3,(H,24,28)/t18-,20-,21-/m0/s1. The van der Waals surface area contributed by atoms with E-state index in [0.29, 0.717) is 12.6 Å². The quantitative estimate of drug-likeness (QED) is 0.723. The van der Waals surface area contributed by atoms with Gasteiger partial charge in [0, 0.05) is 64.1 Å². The van der Waals surface area contributed by atoms with Crippen LogP contribution in [-0.2, 0) is 20.7 Å². The summed E-state index contributed by atoms with van der Waals surface area (Å²) in [5, 5.41) is 6.83. The summed E-state index contributed by atoms with van der Waals surface area (Å²) in [6.45, 7) is 3.92. The number of methoxy groups -OCH3 is 1. The van der Waals surface area contributed by atoms with E-state index in [0.717, 1.165) is 51.6 Å². The van der Waals surface area contributed by atoms with Crippen molar-refractivity contribution < 1.29 is 14.3 Å². The van der Waals surface area contributed by atoms with Crippen molar-refractivity contribution in [2.45, 2.75) is 63.6 Å². The van der Waals surface area contributed by atoms with Crippen molar-refractivity contribution >= 4 is 11.8 Å². The number of amides is 2. The molecule has 1 aliphatic carbocycles. The molecule has 0 spiro atoms. The molecule has 0 unspecified atom stereocenters. The minimum atomic E-state index is 0.00926. The van der Waals surface area contributed by atoms with E-state index in [4.69, 9.17) is 4.74 Å². The second-order valence-corrected chi connectivity index (χ2v) is 8.23. The Balaban J connectivity index is 1.41. The lowest BCUT2D eigenvalue weighted by molar-refractivity contribution is -0.130. The first-order valence-corrected chi connectivity index (χ1v) is 10.8. The van der Waals surface area contributed by atoms with Crippen molar-refractivity contribution in [3.05, 3.63) is 30.1 Å². The SMILES string of the molecule is CO[C@H]1C[C@@H](C(=O)NCCc2ccncc2)CC[C@@H]1NC1CCN(C(C)=O)CC1. The van der Waals surface area contributed by atoms with Gasteiger partial charge in [-0.1, -0.05) is 0 Å². The van der Waals surface area contributed by atoms with Gasteiger partial charge in [-0.15, -0.1) is 0 Å². The molecule has 0 radical (unpaired) electrons. The predicted molar refractivity (Wildman–Crippen MR) is 111 cm³/mol. The fourth-order valence-corrected chi connectivity index (χ4v) is 4.51. The lowest BCUT2D eigenvalue weighted by Crippen LogP contribution is -2.53. The Morgan fingerprint density at radius 1 is 1.17 bits per heavy atom. The van der Waals surface area contributed by atoms with Gasteiger partial charge >= 0.3 is 0 Å². The number of rotatable bonds is 7. The van der Waals surface area contributed by atoms with E-state index in [9.17, 15) is 9.59 Å². The average Bonchev–Trinajstić information content (AvgIpc) is 2.75. The van der Waals surface area contributed by atoms with Crippen LogP contribution >= 0.6 is 0 Å². The summed E-state index contributed by atoms with van der Waals surface area (Å²) in [5.74, 6) is 0.304. The maximum absolute atomic E-state index is 12.6. The fraction of sp³-hybridized carbons (Fsp3) is 0.682. The van der Waals surface area contributed by atoms with Crippen LogP contribution in [0, 0.1) is 5.92 Å². The van der Waals surface area contributed by atoms with Crippen LogP contribution < -0.4 is 10.6 Å². The largest absolute Gasteiger partial charge is 0.380 e. The van der Waals surface area contributed by atoms with Crippen molar-refractivity contribution in [3.63, 3.8) is 0 Å². The molecule has 3 rings (SSSR count). The third kappa shape index (κ3) is 6.24. The molecule has 2 heterocycles. The zero-order chi connectivity index (χ0) is 20.6. The van der Waals surface area contributed by atoms with Gasteiger partial charge in [-0.25, -0.2) is 0 Å². The maximum atomic E-state index is 12.6. The molecule has 7 heteroatoms. The second kappa shape index (κ2) is 10.7. The smallest absolute Gasteiger partial charge is 0.223 e. The van der Waals surface area contributed by atoms with Gasteiger partial charge in [0.2, 0.25) is 11.8 Å². The first-order chi connectivity index (χ1) is 14.1. The van der Waals surface area contributed by atoms with Crippen LogP contribution in [0.3, 0.4) is 0 Å². The molecule has 1 aromatic heterocycles. The minimum absolute atomic E-state index is 0.00926. The van der Waals surface area contributed by atoms with Crippen molar-refractivity contribution in [1.82, 2.24) is 20.5 Å². The van der Waals surface area contributed by atoms with E-state index in [-0.39, 0.29) is 29.9 Å². The van der Waals surface area contributed by atoms with E-state index in [1.165, 1.54) is 5.56 Å². The highest BCUT2D eigenvalue weighted by Gasteiger charge is 2.35. The molecule has 1 saturated carbocycles. The van der Waals surface area contributed by atoms with Crippen LogP contribution in [-0.4, -0.2) is 66.6 Å². The van der Waals surface area contributed by atoms with Crippen LogP contribution in [0.1, 0.15) is 44.6 Å². The zero-order valence-electron chi connectivity index (χ0n) is 17.6. The Bertz CT molecular complexity index is 661. The summed E-state index contributed by atoms with van der Waals surface area (Å²) in [4.78, 5) is 30.0. The molecular formula is C22H34N4O3. The van der Waals surface area contributed by atoms with Gasteiger partial charge in [-0.05, 0) is 56.2 Å². The molecule has 1 aromatic rings. The van der Waals surface area contributed by atoms with Crippen LogP contribution in [0.15, 0.2) is 24.5 Å². The van der Waals surface area contributed by atoms with Gasteiger partial charge < -0.3 is 20.3 Å². The highest BCUT2D eigenvalue weighted by molar-refractivity contribution is 5.78. The molecule has 29 heavy (non-hydrogen) atoms. The number of carbonyl (C=O) groups is 2. The molecule has 0 bridgehead atoms. The number of hydrogen-bond donors (Lipinski definition) is 2. The first kappa shape index (κ1) is 21.7. The Kier molecular flexibility index (Phi) is 8.00. The molecule has 2 N–H and O–H groups in total. The number of pyridine rings is 1. The van der Waals surface area contributed by atoms with Gasteiger partial charge in [-0.3, -0.25) is 14.6 Å². The highest BCUT2D eigenvalue weighted by Crippen LogP contribution is 2.28. The van der Waals surface area contributed by atoms with Gasteiger partial charge in [0.05, 0.1) is 6.10 Å². The van der Waals surface area contributed by atoms with Crippen LogP contribution in [0.5, 0.6) is 0 Å². The normalized spacial score (nSPS) is 25.6. The molecule has 3 atom stereocenters. The van der Waals surface area contributed by atoms with Gasteiger partial charge in [0.25, 0.3) is 0 Å². The summed E-state index contributed by atoms with van der Waals surface area (Å²) in [6, 6.07) is 4.64. The number of hydrogen-bond acceptors (Lipinski definition) is 5. The lowest BCUT2D eigenvalue weighted by atomic mass is 9.82. The Labute approximate surface area is 173 Å². The highest BCUT2D eigenvalue weighted by atomic mass is 16.5. The van der Waals surface area contributed by atoms with E-state index in [1.807, 2.05) is 17.0 Å². The van der Waals surface area contributed by atoms with Gasteiger partial charge in [0.1, 0.15) is 0 Å². The van der Waals surface area contributed by atoms with Crippen LogP contribution in [0.2, 0.25) is 0 Å². The summed E-state index contributed by atoms with van der Waals surface area (Å²) < 4.78 is 5.74. The topological polar surface area (TPSA) is 83.6 Å². The summed E-state index contributed by atoms with van der Waals surface area (Å²) >= 11 is 0. The summed E-state index contributed by atoms with van der Waals surface area (Å²) in [7, 11) is 1.74. The third-order valence-electron chi connectivity index (χ3n) is 6.32. The third-order valence-corrected chi connectivity index (χ3v) is 6.32. The van der Waals surface area contributed by atoms with E-state index >= 15 is 0 Å². The Morgan fingerprint density at radius 2 is 1.90 bits per heavy atom. The van der Waals surface area contributed by atoms with E-state index < -0.39 is 0 Å². The van der Waals surface area contributed by atoms with E-state index in [1.54, 1.807) is 26.4 Å². The molecule has 7 nitrogen and oxygen atoms in total. The first-order valence-electron chi connectivity index (χ1n) is 10.8. The van der Waals surface area contributed by atoms with Crippen molar-refractivity contribution in [3.8, 4) is 0 Å². The van der Waals surface area contributed by atoms with Crippen LogP contribution in [0.25, 0.3) is 0 Å². The zero-order valence-corrected chi connectivity index (χ0v) is 17.6. The fourth-order valence-electron chi connectivity index (χ4n) is 4.51. The lowest BCUT2D eigenvalue weighted by Gasteiger charge is -2.39. The molecule has 2 aliphatic rings. The second-order valence-electron chi connectivity index (χ2n) is 8.23. The number of ether oxygens (including phenoxy) is 1. The molecule has 0 aromatic carbocycles. The number of likely N-dealkylation sites (tertiary alicyclic amines) is 1. The summed E-state index contributed by atoms with van der Waals surface area (Å²) in [5.41, 5.74) is 1.18. The number of carbonyl (C=O) groups excluding carboxylic acids is 2. The van der Waals surface area contributed by atoms with Crippen LogP contribution in [0.4, 0.5) is 0 Å². The molecular weight excluding hydrogens is 368 g/mol. The van der Waals surface area contributed by atoms with Crippen molar-refractivity contribution in [1.29, 1.82) is 0 Å². The van der Waals surface area contributed by atoms with E-state index in [2.05, 4.69) is 15.6 Å². The number of aromatic nitrogens is 1. The molecule has 160 valence electrons. The molecule has 2 fully saturated rings. The predicted octanol–water partition coefficient (Wildman–Crippen LogP) is 1.52. The summed E-state index contributed by atoms with van der Waals surface area (Å²) in [6.07, 6.45) is 8.94. The Hall–Kier alpha value is -1.99. The number of piperidine rings is 1. The molecule has 2 amide bonds. The van der Waals surface area contributed by atoms with Crippen molar-refractivity contribution in [2.24, 2.45) is 5.92 Å². The Morgan fingerprint density at radius 3 is 2.55 bits per heavy atom. The minimum Gasteiger partial charge on any atom is -0.380 e. The molecule has 1 aliphatic heterocycles. The average molecular weight is 403 g/mol. The number of nitrogens with zero attached hydrogens (tertiary/aromatic N) is 2. The van der Waals surface area contributed by atoms with Gasteiger partial charge in [-0.2, -0.15) is 0 Å². The molecule has 1 saturated heterocycles. The van der Waals surface area contributed by atoms with Crippen molar-refractivity contribution in [2.75, 3.05) is 26.7 Å². The number of nitrogens with one attached hydrogen (secondary N) is 2. The monoisotopic (exact) mass is 402 g/mol. The van der Waals surface area contributed by atoms with Gasteiger partial charge in [0.15, 0.2) is 0 Å².